The summed E-state index contributed by atoms with van der Waals surface area (Å²) >= 11 is 0. The zero-order chi connectivity index (χ0) is 13.4. The average molecular weight is 250 g/mol. The summed E-state index contributed by atoms with van der Waals surface area (Å²) in [7, 11) is 2.20. The Morgan fingerprint density at radius 2 is 2.11 bits per heavy atom. The van der Waals surface area contributed by atoms with Crippen LogP contribution in [0.5, 0.6) is 0 Å². The molecule has 1 heterocycles. The summed E-state index contributed by atoms with van der Waals surface area (Å²) in [5, 5.41) is 0. The Balaban J connectivity index is 2.12. The molecular weight excluding hydrogens is 224 g/mol. The van der Waals surface area contributed by atoms with Gasteiger partial charge in [-0.2, -0.15) is 0 Å². The Bertz CT molecular complexity index is 410. The van der Waals surface area contributed by atoms with Crippen LogP contribution < -0.4 is 5.73 Å². The maximum absolute atomic E-state index is 6.09. The fraction of sp³-hybridized carbons (Fsp3) is 0.733. The van der Waals surface area contributed by atoms with Crippen molar-refractivity contribution in [3.8, 4) is 0 Å². The Kier molecular flexibility index (Phi) is 3.56. The van der Waals surface area contributed by atoms with Gasteiger partial charge in [0.2, 0.25) is 0 Å². The van der Waals surface area contributed by atoms with Gasteiger partial charge in [0.1, 0.15) is 5.76 Å². The van der Waals surface area contributed by atoms with Gasteiger partial charge in [0, 0.05) is 24.2 Å². The van der Waals surface area contributed by atoms with Crippen LogP contribution in [-0.4, -0.2) is 24.0 Å². The van der Waals surface area contributed by atoms with Crippen LogP contribution in [0.25, 0.3) is 0 Å². The second kappa shape index (κ2) is 4.71. The standard InChI is InChI=1S/C15H26N2O/c1-12-13(5-8-18-12)9-17(4)15(11-16)7-6-14(2,3)10-15/h5,8H,6-7,9-11,16H2,1-4H3. The fourth-order valence-electron chi connectivity index (χ4n) is 3.29. The second-order valence-corrected chi connectivity index (χ2v) is 6.63. The van der Waals surface area contributed by atoms with Crippen LogP contribution in [0.1, 0.15) is 44.4 Å². The molecule has 1 aromatic rings. The van der Waals surface area contributed by atoms with Crippen molar-refractivity contribution in [2.45, 2.75) is 52.1 Å². The van der Waals surface area contributed by atoms with Crippen molar-refractivity contribution in [2.24, 2.45) is 11.1 Å². The van der Waals surface area contributed by atoms with Crippen molar-refractivity contribution >= 4 is 0 Å². The predicted octanol–water partition coefficient (Wildman–Crippen LogP) is 2.93. The smallest absolute Gasteiger partial charge is 0.105 e. The van der Waals surface area contributed by atoms with Gasteiger partial charge in [-0.15, -0.1) is 0 Å². The van der Waals surface area contributed by atoms with E-state index in [1.54, 1.807) is 6.26 Å². The van der Waals surface area contributed by atoms with Crippen LogP contribution in [-0.2, 0) is 6.54 Å². The van der Waals surface area contributed by atoms with Crippen molar-refractivity contribution in [3.05, 3.63) is 23.7 Å². The molecule has 1 fully saturated rings. The lowest BCUT2D eigenvalue weighted by molar-refractivity contribution is 0.111. The Labute approximate surface area is 110 Å². The maximum atomic E-state index is 6.09. The number of hydrogen-bond acceptors (Lipinski definition) is 3. The lowest BCUT2D eigenvalue weighted by Crippen LogP contribution is -2.50. The summed E-state index contributed by atoms with van der Waals surface area (Å²) in [5.41, 5.74) is 7.94. The van der Waals surface area contributed by atoms with Crippen LogP contribution in [0.4, 0.5) is 0 Å². The quantitative estimate of drug-likeness (QED) is 0.893. The topological polar surface area (TPSA) is 42.4 Å². The van der Waals surface area contributed by atoms with E-state index in [2.05, 4.69) is 31.9 Å². The first kappa shape index (κ1) is 13.6. The third-order valence-corrected chi connectivity index (χ3v) is 4.64. The van der Waals surface area contributed by atoms with Gasteiger partial charge in [0.15, 0.2) is 0 Å². The van der Waals surface area contributed by atoms with Crippen molar-refractivity contribution in [3.63, 3.8) is 0 Å². The zero-order valence-corrected chi connectivity index (χ0v) is 12.1. The largest absolute Gasteiger partial charge is 0.469 e. The van der Waals surface area contributed by atoms with Crippen molar-refractivity contribution in [1.82, 2.24) is 4.90 Å². The van der Waals surface area contributed by atoms with E-state index >= 15 is 0 Å². The number of nitrogens with zero attached hydrogens (tertiary/aromatic N) is 1. The number of furan rings is 1. The molecule has 0 bridgehead atoms. The fourth-order valence-corrected chi connectivity index (χ4v) is 3.29. The normalized spacial score (nSPS) is 27.0. The SMILES string of the molecule is Cc1occc1CN(C)C1(CN)CCC(C)(C)C1. The molecule has 1 aromatic heterocycles. The molecule has 0 aromatic carbocycles. The van der Waals surface area contributed by atoms with Gasteiger partial charge in [-0.1, -0.05) is 13.8 Å². The van der Waals surface area contributed by atoms with Crippen molar-refractivity contribution in [2.75, 3.05) is 13.6 Å². The zero-order valence-electron chi connectivity index (χ0n) is 12.1. The number of nitrogens with two attached hydrogens (primary N) is 1. The van der Waals surface area contributed by atoms with Gasteiger partial charge in [-0.05, 0) is 44.7 Å². The molecular formula is C15H26N2O. The molecule has 2 N–H and O–H groups in total. The molecule has 0 amide bonds. The van der Waals surface area contributed by atoms with Crippen LogP contribution in [0.2, 0.25) is 0 Å². The van der Waals surface area contributed by atoms with E-state index in [9.17, 15) is 0 Å². The first-order chi connectivity index (χ1) is 8.38. The van der Waals surface area contributed by atoms with Crippen LogP contribution >= 0.6 is 0 Å². The number of rotatable bonds is 4. The van der Waals surface area contributed by atoms with Gasteiger partial charge >= 0.3 is 0 Å². The highest BCUT2D eigenvalue weighted by molar-refractivity contribution is 5.16. The van der Waals surface area contributed by atoms with E-state index in [1.807, 2.05) is 6.92 Å². The molecule has 1 unspecified atom stereocenters. The van der Waals surface area contributed by atoms with Crippen LogP contribution in [0.15, 0.2) is 16.7 Å². The van der Waals surface area contributed by atoms with Gasteiger partial charge < -0.3 is 10.2 Å². The van der Waals surface area contributed by atoms with Gasteiger partial charge in [0.05, 0.1) is 6.26 Å². The molecule has 0 saturated heterocycles. The van der Waals surface area contributed by atoms with E-state index in [-0.39, 0.29) is 5.54 Å². The Morgan fingerprint density at radius 3 is 2.56 bits per heavy atom. The average Bonchev–Trinajstić information content (AvgIpc) is 2.84. The third kappa shape index (κ3) is 2.47. The molecule has 0 radical (unpaired) electrons. The van der Waals surface area contributed by atoms with Crippen LogP contribution in [0.3, 0.4) is 0 Å². The summed E-state index contributed by atoms with van der Waals surface area (Å²) in [6, 6.07) is 2.07. The molecule has 102 valence electrons. The van der Waals surface area contributed by atoms with E-state index < -0.39 is 0 Å². The van der Waals surface area contributed by atoms with Crippen LogP contribution in [0, 0.1) is 12.3 Å². The van der Waals surface area contributed by atoms with E-state index in [0.717, 1.165) is 18.8 Å². The lowest BCUT2D eigenvalue weighted by atomic mass is 9.86. The van der Waals surface area contributed by atoms with Crippen molar-refractivity contribution < 1.29 is 4.42 Å². The molecule has 0 aliphatic heterocycles. The number of hydrogen-bond donors (Lipinski definition) is 1. The summed E-state index contributed by atoms with van der Waals surface area (Å²) in [5.74, 6) is 1.02. The summed E-state index contributed by atoms with van der Waals surface area (Å²) in [6.07, 6.45) is 5.42. The molecule has 1 atom stereocenters. The van der Waals surface area contributed by atoms with Gasteiger partial charge in [-0.3, -0.25) is 4.90 Å². The Hall–Kier alpha value is -0.800. The third-order valence-electron chi connectivity index (χ3n) is 4.64. The summed E-state index contributed by atoms with van der Waals surface area (Å²) in [6.45, 7) is 8.39. The summed E-state index contributed by atoms with van der Waals surface area (Å²) in [4.78, 5) is 2.43. The molecule has 0 spiro atoms. The molecule has 1 aliphatic rings. The minimum Gasteiger partial charge on any atom is -0.469 e. The maximum Gasteiger partial charge on any atom is 0.105 e. The molecule has 18 heavy (non-hydrogen) atoms. The predicted molar refractivity (Wildman–Crippen MR) is 74.3 cm³/mol. The first-order valence-electron chi connectivity index (χ1n) is 6.83. The van der Waals surface area contributed by atoms with Crippen molar-refractivity contribution in [1.29, 1.82) is 0 Å². The number of aryl methyl sites for hydroxylation is 1. The first-order valence-corrected chi connectivity index (χ1v) is 6.83. The van der Waals surface area contributed by atoms with E-state index in [0.29, 0.717) is 5.41 Å². The highest BCUT2D eigenvalue weighted by Crippen LogP contribution is 2.46. The number of likely N-dealkylation sites (N-methyl/N-ethyl adjacent to an activating group) is 1. The molecule has 3 nitrogen and oxygen atoms in total. The summed E-state index contributed by atoms with van der Waals surface area (Å²) < 4.78 is 5.38. The minimum absolute atomic E-state index is 0.160. The second-order valence-electron chi connectivity index (χ2n) is 6.63. The van der Waals surface area contributed by atoms with E-state index in [4.69, 9.17) is 10.2 Å². The minimum atomic E-state index is 0.160. The van der Waals surface area contributed by atoms with E-state index in [1.165, 1.54) is 24.8 Å². The molecule has 3 heteroatoms. The highest BCUT2D eigenvalue weighted by atomic mass is 16.3. The van der Waals surface area contributed by atoms with Gasteiger partial charge in [-0.25, -0.2) is 0 Å². The highest BCUT2D eigenvalue weighted by Gasteiger charge is 2.44. The molecule has 1 aliphatic carbocycles. The van der Waals surface area contributed by atoms with Gasteiger partial charge in [0.25, 0.3) is 0 Å². The molecule has 2 rings (SSSR count). The monoisotopic (exact) mass is 250 g/mol. The Morgan fingerprint density at radius 1 is 1.39 bits per heavy atom. The molecule has 1 saturated carbocycles. The lowest BCUT2D eigenvalue weighted by Gasteiger charge is -2.39.